The van der Waals surface area contributed by atoms with Gasteiger partial charge in [-0.1, -0.05) is 19.3 Å². The highest BCUT2D eigenvalue weighted by Crippen LogP contribution is 2.29. The summed E-state index contributed by atoms with van der Waals surface area (Å²) in [7, 11) is 0. The maximum atomic E-state index is 11.0. The summed E-state index contributed by atoms with van der Waals surface area (Å²) >= 11 is 0. The average Bonchev–Trinajstić information content (AvgIpc) is 2.17. The summed E-state index contributed by atoms with van der Waals surface area (Å²) in [6.45, 7) is 0. The lowest BCUT2D eigenvalue weighted by molar-refractivity contribution is -0.119. The standard InChI is InChI=1S/C9H15NO/c11-9-6-7-4-2-1-3-5-8(7)10-9/h7-8H,1-6H2,(H,10,11)/t7-,8-/m1/s1. The molecular weight excluding hydrogens is 138 g/mol. The van der Waals surface area contributed by atoms with Gasteiger partial charge >= 0.3 is 0 Å². The molecular formula is C9H15NO. The summed E-state index contributed by atoms with van der Waals surface area (Å²) in [6, 6.07) is 0.532. The highest BCUT2D eigenvalue weighted by molar-refractivity contribution is 5.79. The number of carbonyl (C=O) groups excluding carboxylic acids is 1. The van der Waals surface area contributed by atoms with Crippen LogP contribution < -0.4 is 5.32 Å². The van der Waals surface area contributed by atoms with Crippen molar-refractivity contribution < 1.29 is 4.79 Å². The average molecular weight is 153 g/mol. The van der Waals surface area contributed by atoms with E-state index in [4.69, 9.17) is 0 Å². The Balaban J connectivity index is 2.01. The van der Waals surface area contributed by atoms with E-state index in [0.717, 1.165) is 6.42 Å². The van der Waals surface area contributed by atoms with Crippen LogP contribution in [0.5, 0.6) is 0 Å². The van der Waals surface area contributed by atoms with Crippen molar-refractivity contribution in [3.8, 4) is 0 Å². The van der Waals surface area contributed by atoms with E-state index in [1.165, 1.54) is 32.1 Å². The van der Waals surface area contributed by atoms with Crippen molar-refractivity contribution in [2.45, 2.75) is 44.6 Å². The molecule has 1 amide bonds. The Hall–Kier alpha value is -0.530. The third-order valence-electron chi connectivity index (χ3n) is 2.95. The Labute approximate surface area is 67.4 Å². The second-order valence-corrected chi connectivity index (χ2v) is 3.78. The van der Waals surface area contributed by atoms with E-state index in [9.17, 15) is 4.79 Å². The lowest BCUT2D eigenvalue weighted by Gasteiger charge is -2.13. The molecule has 0 bridgehead atoms. The molecule has 1 saturated heterocycles. The van der Waals surface area contributed by atoms with E-state index >= 15 is 0 Å². The van der Waals surface area contributed by atoms with Crippen LogP contribution in [0.3, 0.4) is 0 Å². The summed E-state index contributed by atoms with van der Waals surface area (Å²) in [4.78, 5) is 11.0. The van der Waals surface area contributed by atoms with Crippen LogP contribution in [0.15, 0.2) is 0 Å². The summed E-state index contributed by atoms with van der Waals surface area (Å²) in [5.41, 5.74) is 0. The molecule has 1 aliphatic heterocycles. The summed E-state index contributed by atoms with van der Waals surface area (Å²) in [6.07, 6.45) is 7.28. The van der Waals surface area contributed by atoms with Crippen LogP contribution in [0, 0.1) is 5.92 Å². The summed E-state index contributed by atoms with van der Waals surface area (Å²) in [5.74, 6) is 0.951. The van der Waals surface area contributed by atoms with Gasteiger partial charge in [-0.25, -0.2) is 0 Å². The van der Waals surface area contributed by atoms with Gasteiger partial charge in [-0.2, -0.15) is 0 Å². The number of hydrogen-bond donors (Lipinski definition) is 1. The van der Waals surface area contributed by atoms with E-state index < -0.39 is 0 Å². The predicted molar refractivity (Wildman–Crippen MR) is 43.1 cm³/mol. The number of rotatable bonds is 0. The van der Waals surface area contributed by atoms with Crippen LogP contribution in [0.2, 0.25) is 0 Å². The van der Waals surface area contributed by atoms with Crippen LogP contribution in [0.25, 0.3) is 0 Å². The van der Waals surface area contributed by atoms with Crippen LogP contribution in [-0.4, -0.2) is 11.9 Å². The molecule has 0 spiro atoms. The Kier molecular flexibility index (Phi) is 1.84. The molecule has 2 heteroatoms. The number of amides is 1. The smallest absolute Gasteiger partial charge is 0.220 e. The highest BCUT2D eigenvalue weighted by Gasteiger charge is 2.32. The highest BCUT2D eigenvalue weighted by atomic mass is 16.1. The molecule has 2 rings (SSSR count). The van der Waals surface area contributed by atoms with Gasteiger partial charge in [0, 0.05) is 12.5 Å². The molecule has 1 N–H and O–H groups in total. The number of hydrogen-bond acceptors (Lipinski definition) is 1. The molecule has 1 heterocycles. The first-order valence-electron chi connectivity index (χ1n) is 4.65. The van der Waals surface area contributed by atoms with Gasteiger partial charge in [-0.15, -0.1) is 0 Å². The molecule has 1 saturated carbocycles. The third kappa shape index (κ3) is 1.39. The van der Waals surface area contributed by atoms with Crippen molar-refractivity contribution in [2.24, 2.45) is 5.92 Å². The van der Waals surface area contributed by atoms with Crippen molar-refractivity contribution in [3.63, 3.8) is 0 Å². The molecule has 11 heavy (non-hydrogen) atoms. The van der Waals surface area contributed by atoms with Gasteiger partial charge in [0.15, 0.2) is 0 Å². The van der Waals surface area contributed by atoms with E-state index in [1.807, 2.05) is 0 Å². The lowest BCUT2D eigenvalue weighted by atomic mass is 9.96. The second-order valence-electron chi connectivity index (χ2n) is 3.78. The Bertz CT molecular complexity index is 151. The molecule has 2 fully saturated rings. The fourth-order valence-corrected chi connectivity index (χ4v) is 2.32. The zero-order valence-electron chi connectivity index (χ0n) is 6.81. The largest absolute Gasteiger partial charge is 0.353 e. The Morgan fingerprint density at radius 3 is 2.91 bits per heavy atom. The van der Waals surface area contributed by atoms with Crippen molar-refractivity contribution >= 4 is 5.91 Å². The molecule has 0 aromatic heterocycles. The second kappa shape index (κ2) is 2.84. The van der Waals surface area contributed by atoms with Crippen LogP contribution in [-0.2, 0) is 4.79 Å². The predicted octanol–water partition coefficient (Wildman–Crippen LogP) is 1.46. The minimum Gasteiger partial charge on any atom is -0.353 e. The summed E-state index contributed by atoms with van der Waals surface area (Å²) in [5, 5.41) is 3.06. The van der Waals surface area contributed by atoms with E-state index in [-0.39, 0.29) is 5.91 Å². The van der Waals surface area contributed by atoms with Gasteiger partial charge in [0.2, 0.25) is 5.91 Å². The molecule has 0 aromatic carbocycles. The van der Waals surface area contributed by atoms with E-state index in [2.05, 4.69) is 5.32 Å². The molecule has 1 aliphatic carbocycles. The van der Waals surface area contributed by atoms with Gasteiger partial charge in [0.05, 0.1) is 0 Å². The van der Waals surface area contributed by atoms with Gasteiger partial charge < -0.3 is 5.32 Å². The molecule has 62 valence electrons. The molecule has 0 radical (unpaired) electrons. The quantitative estimate of drug-likeness (QED) is 0.560. The topological polar surface area (TPSA) is 29.1 Å². The zero-order valence-corrected chi connectivity index (χ0v) is 6.81. The van der Waals surface area contributed by atoms with E-state index in [1.54, 1.807) is 0 Å². The minimum atomic E-state index is 0.280. The van der Waals surface area contributed by atoms with Crippen molar-refractivity contribution in [1.82, 2.24) is 5.32 Å². The molecule has 0 unspecified atom stereocenters. The van der Waals surface area contributed by atoms with Gasteiger partial charge in [-0.3, -0.25) is 4.79 Å². The molecule has 2 nitrogen and oxygen atoms in total. The maximum absolute atomic E-state index is 11.0. The zero-order chi connectivity index (χ0) is 7.68. The van der Waals surface area contributed by atoms with Crippen molar-refractivity contribution in [2.75, 3.05) is 0 Å². The Morgan fingerprint density at radius 1 is 1.18 bits per heavy atom. The first kappa shape index (κ1) is 7.14. The first-order chi connectivity index (χ1) is 5.36. The fraction of sp³-hybridized carbons (Fsp3) is 0.889. The number of carbonyl (C=O) groups is 1. The fourth-order valence-electron chi connectivity index (χ4n) is 2.32. The first-order valence-corrected chi connectivity index (χ1v) is 4.65. The number of fused-ring (bicyclic) bond motifs is 1. The maximum Gasteiger partial charge on any atom is 0.220 e. The van der Waals surface area contributed by atoms with Crippen LogP contribution in [0.4, 0.5) is 0 Å². The lowest BCUT2D eigenvalue weighted by Crippen LogP contribution is -2.27. The monoisotopic (exact) mass is 153 g/mol. The minimum absolute atomic E-state index is 0.280. The van der Waals surface area contributed by atoms with Crippen molar-refractivity contribution in [1.29, 1.82) is 0 Å². The number of nitrogens with one attached hydrogen (secondary N) is 1. The molecule has 2 aliphatic rings. The van der Waals surface area contributed by atoms with Crippen LogP contribution >= 0.6 is 0 Å². The SMILES string of the molecule is O=C1C[C@H]2CCCCC[C@H]2N1. The van der Waals surface area contributed by atoms with Gasteiger partial charge in [-0.05, 0) is 18.8 Å². The van der Waals surface area contributed by atoms with Crippen molar-refractivity contribution in [3.05, 3.63) is 0 Å². The molecule has 2 atom stereocenters. The van der Waals surface area contributed by atoms with Crippen LogP contribution in [0.1, 0.15) is 38.5 Å². The Morgan fingerprint density at radius 2 is 2.00 bits per heavy atom. The summed E-state index contributed by atoms with van der Waals surface area (Å²) < 4.78 is 0. The van der Waals surface area contributed by atoms with Gasteiger partial charge in [0.1, 0.15) is 0 Å². The third-order valence-corrected chi connectivity index (χ3v) is 2.95. The van der Waals surface area contributed by atoms with Gasteiger partial charge in [0.25, 0.3) is 0 Å². The molecule has 0 aromatic rings. The normalized spacial score (nSPS) is 37.6. The van der Waals surface area contributed by atoms with E-state index in [0.29, 0.717) is 12.0 Å².